The lowest BCUT2D eigenvalue weighted by Gasteiger charge is -2.05. The van der Waals surface area contributed by atoms with Gasteiger partial charge in [-0.2, -0.15) is 4.99 Å². The quantitative estimate of drug-likeness (QED) is 0.368. The molecule has 3 rings (SSSR count). The Morgan fingerprint density at radius 1 is 1.30 bits per heavy atom. The molecular weight excluding hydrogens is 366 g/mol. The number of carbonyl (C=O) groups is 1. The van der Waals surface area contributed by atoms with Gasteiger partial charge < -0.3 is 9.30 Å². The number of amides is 1. The van der Waals surface area contributed by atoms with E-state index in [-0.39, 0.29) is 11.6 Å². The fourth-order valence-corrected chi connectivity index (χ4v) is 3.82. The summed E-state index contributed by atoms with van der Waals surface area (Å²) in [6, 6.07) is 11.9. The molecule has 0 N–H and O–H groups in total. The molecule has 0 bridgehead atoms. The van der Waals surface area contributed by atoms with Crippen LogP contribution in [-0.2, 0) is 11.3 Å². The van der Waals surface area contributed by atoms with E-state index in [1.165, 1.54) is 23.5 Å². The fraction of sp³-hybridized carbons (Fsp3) is 0.263. The van der Waals surface area contributed by atoms with Crippen LogP contribution < -0.4 is 4.80 Å². The lowest BCUT2D eigenvalue weighted by Crippen LogP contribution is -2.20. The number of hydrogen-bond acceptors (Lipinski definition) is 5. The number of fused-ring (bicyclic) bond motifs is 1. The second-order valence-corrected chi connectivity index (χ2v) is 6.88. The number of aryl methyl sites for hydroxylation is 1. The van der Waals surface area contributed by atoms with Gasteiger partial charge in [-0.15, -0.1) is 0 Å². The van der Waals surface area contributed by atoms with E-state index < -0.39 is 4.92 Å². The van der Waals surface area contributed by atoms with E-state index >= 15 is 0 Å². The third kappa shape index (κ3) is 4.12. The molecule has 3 aromatic rings. The second kappa shape index (κ2) is 8.24. The molecule has 0 spiro atoms. The van der Waals surface area contributed by atoms with Gasteiger partial charge in [0.1, 0.15) is 0 Å². The van der Waals surface area contributed by atoms with E-state index in [9.17, 15) is 14.9 Å². The highest BCUT2D eigenvalue weighted by molar-refractivity contribution is 7.16. The molecule has 0 fully saturated rings. The standard InChI is InChI=1S/C19H19N3O4S/c1-3-26-11-10-21-16-9-8-14(22(24)25)12-17(16)27-19(21)20-18(23)15-7-5-4-6-13(15)2/h4-9,12H,3,10-11H2,1-2H3. The maximum Gasteiger partial charge on any atom is 0.279 e. The maximum absolute atomic E-state index is 12.7. The molecule has 1 heterocycles. The van der Waals surface area contributed by atoms with Crippen LogP contribution in [0.5, 0.6) is 0 Å². The maximum atomic E-state index is 12.7. The van der Waals surface area contributed by atoms with Gasteiger partial charge in [0.25, 0.3) is 11.6 Å². The number of non-ortho nitro benzene ring substituents is 1. The van der Waals surface area contributed by atoms with Crippen LogP contribution in [0.2, 0.25) is 0 Å². The molecule has 0 atom stereocenters. The van der Waals surface area contributed by atoms with Gasteiger partial charge in [0, 0.05) is 30.8 Å². The summed E-state index contributed by atoms with van der Waals surface area (Å²) in [6.45, 7) is 5.33. The van der Waals surface area contributed by atoms with E-state index in [4.69, 9.17) is 4.74 Å². The number of nitro groups is 1. The lowest BCUT2D eigenvalue weighted by atomic mass is 10.1. The molecule has 0 saturated carbocycles. The number of carbonyl (C=O) groups excluding carboxylic acids is 1. The molecule has 27 heavy (non-hydrogen) atoms. The summed E-state index contributed by atoms with van der Waals surface area (Å²) in [5.74, 6) is -0.334. The SMILES string of the molecule is CCOCCn1c(=NC(=O)c2ccccc2C)sc2cc([N+](=O)[O-])ccc21. The molecule has 7 nitrogen and oxygen atoms in total. The molecule has 0 saturated heterocycles. The molecular formula is C19H19N3O4S. The Morgan fingerprint density at radius 3 is 2.78 bits per heavy atom. The van der Waals surface area contributed by atoms with Crippen LogP contribution >= 0.6 is 11.3 Å². The second-order valence-electron chi connectivity index (χ2n) is 5.87. The van der Waals surface area contributed by atoms with Crippen LogP contribution in [0.4, 0.5) is 5.69 Å². The van der Waals surface area contributed by atoms with Crippen molar-refractivity contribution >= 4 is 33.1 Å². The first-order valence-electron chi connectivity index (χ1n) is 8.51. The largest absolute Gasteiger partial charge is 0.380 e. The van der Waals surface area contributed by atoms with Crippen molar-refractivity contribution in [3.63, 3.8) is 0 Å². The van der Waals surface area contributed by atoms with Gasteiger partial charge in [0.05, 0.1) is 21.7 Å². The highest BCUT2D eigenvalue weighted by Crippen LogP contribution is 2.23. The predicted octanol–water partition coefficient (Wildman–Crippen LogP) is 3.70. The Hall–Kier alpha value is -2.84. The van der Waals surface area contributed by atoms with Crippen molar-refractivity contribution in [1.29, 1.82) is 0 Å². The summed E-state index contributed by atoms with van der Waals surface area (Å²) in [5, 5.41) is 11.1. The van der Waals surface area contributed by atoms with Gasteiger partial charge in [-0.1, -0.05) is 29.5 Å². The van der Waals surface area contributed by atoms with Crippen molar-refractivity contribution in [2.24, 2.45) is 4.99 Å². The van der Waals surface area contributed by atoms with Gasteiger partial charge in [0.15, 0.2) is 4.80 Å². The zero-order chi connectivity index (χ0) is 19.4. The summed E-state index contributed by atoms with van der Waals surface area (Å²) < 4.78 is 8.01. The monoisotopic (exact) mass is 385 g/mol. The van der Waals surface area contributed by atoms with Crippen LogP contribution in [0, 0.1) is 17.0 Å². The van der Waals surface area contributed by atoms with Crippen molar-refractivity contribution in [2.45, 2.75) is 20.4 Å². The minimum Gasteiger partial charge on any atom is -0.380 e. The van der Waals surface area contributed by atoms with Crippen molar-refractivity contribution < 1.29 is 14.5 Å². The van der Waals surface area contributed by atoms with Crippen LogP contribution in [0.1, 0.15) is 22.8 Å². The number of aromatic nitrogens is 1. The number of ether oxygens (including phenoxy) is 1. The zero-order valence-electron chi connectivity index (χ0n) is 15.0. The Bertz CT molecular complexity index is 1070. The highest BCUT2D eigenvalue weighted by Gasteiger charge is 2.14. The number of benzene rings is 2. The Kier molecular flexibility index (Phi) is 5.78. The number of hydrogen-bond donors (Lipinski definition) is 0. The minimum absolute atomic E-state index is 0.0116. The molecule has 1 amide bonds. The molecule has 0 radical (unpaired) electrons. The number of nitrogens with zero attached hydrogens (tertiary/aromatic N) is 3. The van der Waals surface area contributed by atoms with Crippen molar-refractivity contribution in [3.8, 4) is 0 Å². The number of rotatable bonds is 6. The van der Waals surface area contributed by atoms with Gasteiger partial charge in [-0.05, 0) is 31.5 Å². The molecule has 0 unspecified atom stereocenters. The number of nitro benzene ring substituents is 1. The van der Waals surface area contributed by atoms with Crippen LogP contribution in [0.25, 0.3) is 10.2 Å². The summed E-state index contributed by atoms with van der Waals surface area (Å²) in [5.41, 5.74) is 2.19. The van der Waals surface area contributed by atoms with Crippen molar-refractivity contribution in [1.82, 2.24) is 4.57 Å². The molecule has 140 valence electrons. The van der Waals surface area contributed by atoms with Crippen molar-refractivity contribution in [2.75, 3.05) is 13.2 Å². The molecule has 0 aliphatic rings. The molecule has 0 aliphatic heterocycles. The van der Waals surface area contributed by atoms with Crippen LogP contribution in [0.3, 0.4) is 0 Å². The van der Waals surface area contributed by atoms with E-state index in [2.05, 4.69) is 4.99 Å². The normalized spacial score (nSPS) is 11.9. The van der Waals surface area contributed by atoms with Gasteiger partial charge in [-0.25, -0.2) is 0 Å². The third-order valence-electron chi connectivity index (χ3n) is 4.11. The summed E-state index contributed by atoms with van der Waals surface area (Å²) >= 11 is 1.26. The average molecular weight is 385 g/mol. The third-order valence-corrected chi connectivity index (χ3v) is 5.15. The van der Waals surface area contributed by atoms with Gasteiger partial charge >= 0.3 is 0 Å². The van der Waals surface area contributed by atoms with E-state index in [1.807, 2.05) is 30.5 Å². The lowest BCUT2D eigenvalue weighted by molar-refractivity contribution is -0.384. The van der Waals surface area contributed by atoms with Crippen LogP contribution in [-0.4, -0.2) is 28.6 Å². The topological polar surface area (TPSA) is 86.7 Å². The smallest absolute Gasteiger partial charge is 0.279 e. The zero-order valence-corrected chi connectivity index (χ0v) is 15.9. The van der Waals surface area contributed by atoms with E-state index in [0.717, 1.165) is 11.1 Å². The molecule has 1 aromatic heterocycles. The molecule has 8 heteroatoms. The molecule has 0 aliphatic carbocycles. The number of thiazole rings is 1. The van der Waals surface area contributed by atoms with Gasteiger partial charge in [-0.3, -0.25) is 14.9 Å². The van der Waals surface area contributed by atoms with Gasteiger partial charge in [0.2, 0.25) is 0 Å². The first-order chi connectivity index (χ1) is 13.0. The first kappa shape index (κ1) is 18.9. The predicted molar refractivity (Wildman–Crippen MR) is 104 cm³/mol. The highest BCUT2D eigenvalue weighted by atomic mass is 32.1. The van der Waals surface area contributed by atoms with Crippen LogP contribution in [0.15, 0.2) is 47.5 Å². The van der Waals surface area contributed by atoms with E-state index in [0.29, 0.717) is 34.8 Å². The Balaban J connectivity index is 2.11. The summed E-state index contributed by atoms with van der Waals surface area (Å²) in [4.78, 5) is 28.1. The van der Waals surface area contributed by atoms with E-state index in [1.54, 1.807) is 18.2 Å². The molecule has 2 aromatic carbocycles. The summed E-state index contributed by atoms with van der Waals surface area (Å²) in [7, 11) is 0. The minimum atomic E-state index is -0.432. The summed E-state index contributed by atoms with van der Waals surface area (Å²) in [6.07, 6.45) is 0. The average Bonchev–Trinajstić information content (AvgIpc) is 2.98. The fourth-order valence-electron chi connectivity index (χ4n) is 2.74. The van der Waals surface area contributed by atoms with Crippen molar-refractivity contribution in [3.05, 3.63) is 68.5 Å². The first-order valence-corrected chi connectivity index (χ1v) is 9.33. The Morgan fingerprint density at radius 2 is 2.07 bits per heavy atom. The Labute approximate surface area is 159 Å².